The Balaban J connectivity index is 1.42. The van der Waals surface area contributed by atoms with Crippen LogP contribution in [0.5, 0.6) is 0 Å². The standard InChI is InChI=1S/C32H29N7OS/c1-38(2)20-21-8-5-11-24(18-21)35-32-34-15-14-25(36-32)29-26-12-3-4-16-39(26)37-30(29)23-10-6-9-22(19-23)28(31(33)40)27-13-7-17-41-27/h3-19,28H,20H2,1-2H3,(H2,33,40)(H,34,35,36). The minimum absolute atomic E-state index is 0.388. The van der Waals surface area contributed by atoms with Crippen molar-refractivity contribution in [2.75, 3.05) is 19.4 Å². The van der Waals surface area contributed by atoms with E-state index in [1.165, 1.54) is 16.9 Å². The molecule has 8 nitrogen and oxygen atoms in total. The van der Waals surface area contributed by atoms with Crippen LogP contribution in [0.25, 0.3) is 28.0 Å². The molecule has 0 aliphatic carbocycles. The lowest BCUT2D eigenvalue weighted by Gasteiger charge is -2.14. The van der Waals surface area contributed by atoms with Crippen LogP contribution in [-0.2, 0) is 11.3 Å². The number of hydrogen-bond acceptors (Lipinski definition) is 7. The van der Waals surface area contributed by atoms with E-state index in [0.717, 1.165) is 50.7 Å². The van der Waals surface area contributed by atoms with E-state index in [1.807, 2.05) is 103 Å². The molecule has 0 bridgehead atoms. The summed E-state index contributed by atoms with van der Waals surface area (Å²) in [5, 5.41) is 10.3. The van der Waals surface area contributed by atoms with Crippen molar-refractivity contribution in [3.05, 3.63) is 119 Å². The number of nitrogens with one attached hydrogen (secondary N) is 1. The molecule has 4 aromatic heterocycles. The van der Waals surface area contributed by atoms with Crippen molar-refractivity contribution in [2.24, 2.45) is 5.73 Å². The average molecular weight is 560 g/mol. The molecule has 41 heavy (non-hydrogen) atoms. The van der Waals surface area contributed by atoms with Gasteiger partial charge in [-0.05, 0) is 73.1 Å². The number of benzene rings is 2. The molecular weight excluding hydrogens is 530 g/mol. The number of amides is 1. The van der Waals surface area contributed by atoms with Crippen LogP contribution in [0, 0.1) is 0 Å². The third kappa shape index (κ3) is 5.58. The van der Waals surface area contributed by atoms with Crippen LogP contribution in [-0.4, -0.2) is 44.5 Å². The predicted molar refractivity (Wildman–Crippen MR) is 164 cm³/mol. The number of nitrogens with zero attached hydrogens (tertiary/aromatic N) is 5. The zero-order valence-corrected chi connectivity index (χ0v) is 23.5. The van der Waals surface area contributed by atoms with Gasteiger partial charge in [-0.3, -0.25) is 4.79 Å². The Bertz CT molecular complexity index is 1830. The van der Waals surface area contributed by atoms with Gasteiger partial charge in [0, 0.05) is 35.1 Å². The van der Waals surface area contributed by atoms with Crippen molar-refractivity contribution in [2.45, 2.75) is 12.5 Å². The van der Waals surface area contributed by atoms with E-state index in [4.69, 9.17) is 15.8 Å². The van der Waals surface area contributed by atoms with Gasteiger partial charge < -0.3 is 16.0 Å². The van der Waals surface area contributed by atoms with E-state index < -0.39 is 5.92 Å². The molecule has 3 N–H and O–H groups in total. The third-order valence-electron chi connectivity index (χ3n) is 6.74. The lowest BCUT2D eigenvalue weighted by molar-refractivity contribution is -0.118. The van der Waals surface area contributed by atoms with E-state index in [-0.39, 0.29) is 5.91 Å². The molecule has 204 valence electrons. The summed E-state index contributed by atoms with van der Waals surface area (Å²) >= 11 is 1.52. The molecule has 0 radical (unpaired) electrons. The first kappa shape index (κ1) is 26.4. The summed E-state index contributed by atoms with van der Waals surface area (Å²) in [5.41, 5.74) is 12.9. The maximum Gasteiger partial charge on any atom is 0.230 e. The minimum Gasteiger partial charge on any atom is -0.369 e. The van der Waals surface area contributed by atoms with Crippen LogP contribution in [0.2, 0.25) is 0 Å². The van der Waals surface area contributed by atoms with Crippen molar-refractivity contribution in [1.82, 2.24) is 24.5 Å². The second-order valence-corrected chi connectivity index (χ2v) is 11.0. The number of hydrogen-bond donors (Lipinski definition) is 2. The van der Waals surface area contributed by atoms with Gasteiger partial charge in [0.2, 0.25) is 11.9 Å². The van der Waals surface area contributed by atoms with Gasteiger partial charge in [0.15, 0.2) is 0 Å². The largest absolute Gasteiger partial charge is 0.369 e. The molecule has 0 aliphatic rings. The average Bonchev–Trinajstić information content (AvgIpc) is 3.62. The van der Waals surface area contributed by atoms with Gasteiger partial charge in [0.05, 0.1) is 22.7 Å². The quantitative estimate of drug-likeness (QED) is 0.227. The number of anilines is 2. The lowest BCUT2D eigenvalue weighted by atomic mass is 9.93. The maximum atomic E-state index is 12.5. The van der Waals surface area contributed by atoms with Crippen molar-refractivity contribution >= 4 is 34.4 Å². The first-order chi connectivity index (χ1) is 20.0. The van der Waals surface area contributed by atoms with Crippen molar-refractivity contribution in [1.29, 1.82) is 0 Å². The molecule has 4 heterocycles. The summed E-state index contributed by atoms with van der Waals surface area (Å²) in [4.78, 5) is 25.0. The van der Waals surface area contributed by atoms with Crippen molar-refractivity contribution < 1.29 is 4.79 Å². The first-order valence-electron chi connectivity index (χ1n) is 13.2. The summed E-state index contributed by atoms with van der Waals surface area (Å²) < 4.78 is 1.85. The van der Waals surface area contributed by atoms with Gasteiger partial charge in [-0.15, -0.1) is 11.3 Å². The molecule has 0 saturated heterocycles. The first-order valence-corrected chi connectivity index (χ1v) is 14.1. The van der Waals surface area contributed by atoms with Gasteiger partial charge in [-0.2, -0.15) is 5.10 Å². The van der Waals surface area contributed by atoms with Crippen LogP contribution < -0.4 is 11.1 Å². The molecule has 6 aromatic rings. The van der Waals surface area contributed by atoms with Crippen LogP contribution in [0.3, 0.4) is 0 Å². The van der Waals surface area contributed by atoms with Gasteiger partial charge >= 0.3 is 0 Å². The fraction of sp³-hybridized carbons (Fsp3) is 0.125. The topological polar surface area (TPSA) is 101 Å². The molecule has 6 rings (SSSR count). The predicted octanol–water partition coefficient (Wildman–Crippen LogP) is 5.94. The summed E-state index contributed by atoms with van der Waals surface area (Å²) in [6.07, 6.45) is 3.67. The third-order valence-corrected chi connectivity index (χ3v) is 7.68. The van der Waals surface area contributed by atoms with Crippen LogP contribution in [0.15, 0.2) is 103 Å². The second kappa shape index (κ2) is 11.3. The number of fused-ring (bicyclic) bond motifs is 1. The highest BCUT2D eigenvalue weighted by atomic mass is 32.1. The highest BCUT2D eigenvalue weighted by molar-refractivity contribution is 7.10. The SMILES string of the molecule is CN(C)Cc1cccc(Nc2nccc(-c3c(-c4cccc(C(C(N)=O)c5cccs5)c4)nn4ccccc34)n2)c1. The van der Waals surface area contributed by atoms with Crippen LogP contribution in [0.4, 0.5) is 11.6 Å². The van der Waals surface area contributed by atoms with Crippen molar-refractivity contribution in [3.63, 3.8) is 0 Å². The normalized spacial score (nSPS) is 12.1. The molecule has 0 spiro atoms. The highest BCUT2D eigenvalue weighted by Crippen LogP contribution is 2.37. The molecule has 0 fully saturated rings. The molecule has 1 unspecified atom stereocenters. The number of carbonyl (C=O) groups excluding carboxylic acids is 1. The smallest absolute Gasteiger partial charge is 0.230 e. The number of pyridine rings is 1. The number of nitrogens with two attached hydrogens (primary N) is 1. The van der Waals surface area contributed by atoms with E-state index in [0.29, 0.717) is 5.95 Å². The molecule has 2 aromatic carbocycles. The summed E-state index contributed by atoms with van der Waals surface area (Å²) in [5.74, 6) is -0.430. The molecular formula is C32H29N7OS. The van der Waals surface area contributed by atoms with Gasteiger partial charge in [-0.25, -0.2) is 14.5 Å². The van der Waals surface area contributed by atoms with Gasteiger partial charge in [-0.1, -0.05) is 42.5 Å². The summed E-state index contributed by atoms with van der Waals surface area (Å²) in [6, 6.07) is 27.8. The Kier molecular flexibility index (Phi) is 7.28. The molecule has 1 amide bonds. The fourth-order valence-electron chi connectivity index (χ4n) is 5.04. The number of rotatable bonds is 9. The monoisotopic (exact) mass is 559 g/mol. The van der Waals surface area contributed by atoms with Crippen LogP contribution in [0.1, 0.15) is 21.9 Å². The molecule has 1 atom stereocenters. The molecule has 0 aliphatic heterocycles. The number of primary amides is 1. The summed E-state index contributed by atoms with van der Waals surface area (Å²) in [6.45, 7) is 0.838. The van der Waals surface area contributed by atoms with Crippen LogP contribution >= 0.6 is 11.3 Å². The zero-order chi connectivity index (χ0) is 28.3. The Morgan fingerprint density at radius 3 is 2.71 bits per heavy atom. The van der Waals surface area contributed by atoms with E-state index in [1.54, 1.807) is 6.20 Å². The minimum atomic E-state index is -0.534. The van der Waals surface area contributed by atoms with E-state index in [9.17, 15) is 4.79 Å². The molecule has 0 saturated carbocycles. The zero-order valence-electron chi connectivity index (χ0n) is 22.7. The van der Waals surface area contributed by atoms with E-state index in [2.05, 4.69) is 27.3 Å². The van der Waals surface area contributed by atoms with Crippen molar-refractivity contribution in [3.8, 4) is 22.5 Å². The summed E-state index contributed by atoms with van der Waals surface area (Å²) in [7, 11) is 4.10. The Morgan fingerprint density at radius 2 is 1.90 bits per heavy atom. The molecule has 9 heteroatoms. The van der Waals surface area contributed by atoms with Gasteiger partial charge in [0.25, 0.3) is 0 Å². The Hall–Kier alpha value is -4.86. The lowest BCUT2D eigenvalue weighted by Crippen LogP contribution is -2.21. The van der Waals surface area contributed by atoms with E-state index >= 15 is 0 Å². The number of thiophene rings is 1. The fourth-order valence-corrected chi connectivity index (χ4v) is 5.90. The maximum absolute atomic E-state index is 12.5. The Labute approximate surface area is 242 Å². The number of aromatic nitrogens is 4. The highest BCUT2D eigenvalue weighted by Gasteiger charge is 2.24. The van der Waals surface area contributed by atoms with Gasteiger partial charge in [0.1, 0.15) is 5.69 Å². The Morgan fingerprint density at radius 1 is 1.02 bits per heavy atom. The second-order valence-electron chi connectivity index (χ2n) is 10.1. The number of carbonyl (C=O) groups is 1.